The van der Waals surface area contributed by atoms with Crippen LogP contribution in [0.15, 0.2) is 40.4 Å². The first-order chi connectivity index (χ1) is 10.1. The van der Waals surface area contributed by atoms with Gasteiger partial charge in [0.15, 0.2) is 5.82 Å². The molecule has 1 aromatic heterocycles. The van der Waals surface area contributed by atoms with Crippen molar-refractivity contribution in [2.75, 3.05) is 11.9 Å². The van der Waals surface area contributed by atoms with Crippen LogP contribution in [0.3, 0.4) is 0 Å². The summed E-state index contributed by atoms with van der Waals surface area (Å²) in [6.45, 7) is 2.70. The monoisotopic (exact) mass is 308 g/mol. The van der Waals surface area contributed by atoms with Crippen LogP contribution in [0.2, 0.25) is 0 Å². The molecule has 0 aliphatic carbocycles. The first-order valence-corrected chi connectivity index (χ1v) is 7.10. The van der Waals surface area contributed by atoms with Crippen molar-refractivity contribution >= 4 is 23.4 Å². The van der Waals surface area contributed by atoms with Gasteiger partial charge in [-0.05, 0) is 18.6 Å². The molecule has 2 rings (SSSR count). The van der Waals surface area contributed by atoms with E-state index in [0.29, 0.717) is 17.4 Å². The number of nitrogens with one attached hydrogen (secondary N) is 1. The maximum absolute atomic E-state index is 13.7. The summed E-state index contributed by atoms with van der Waals surface area (Å²) in [5.41, 5.74) is -0.00666. The lowest BCUT2D eigenvalue weighted by atomic mass is 10.3. The number of rotatable bonds is 6. The number of nitrogens with zero attached hydrogens (tertiary/aromatic N) is 3. The number of hydrogen-bond donors (Lipinski definition) is 1. The van der Waals surface area contributed by atoms with Crippen molar-refractivity contribution < 1.29 is 9.31 Å². The van der Waals surface area contributed by atoms with Crippen LogP contribution in [0.4, 0.5) is 16.0 Å². The maximum Gasteiger partial charge on any atom is 0.269 e. The molecule has 8 heteroatoms. The third-order valence-electron chi connectivity index (χ3n) is 2.51. The van der Waals surface area contributed by atoms with Gasteiger partial charge in [-0.3, -0.25) is 10.1 Å². The van der Waals surface area contributed by atoms with Gasteiger partial charge in [0.1, 0.15) is 5.03 Å². The predicted octanol–water partition coefficient (Wildman–Crippen LogP) is 3.50. The molecule has 6 nitrogen and oxygen atoms in total. The second-order valence-corrected chi connectivity index (χ2v) is 5.19. The number of anilines is 1. The lowest BCUT2D eigenvalue weighted by Gasteiger charge is -2.06. The third kappa shape index (κ3) is 4.12. The van der Waals surface area contributed by atoms with Crippen LogP contribution in [-0.2, 0) is 0 Å². The van der Waals surface area contributed by atoms with Gasteiger partial charge in [0.05, 0.1) is 11.1 Å². The second-order valence-electron chi connectivity index (χ2n) is 4.13. The summed E-state index contributed by atoms with van der Waals surface area (Å²) in [4.78, 5) is 18.7. The highest BCUT2D eigenvalue weighted by molar-refractivity contribution is 7.99. The Kier molecular flexibility index (Phi) is 5.04. The summed E-state index contributed by atoms with van der Waals surface area (Å²) in [5.74, 6) is -0.164. The van der Waals surface area contributed by atoms with Gasteiger partial charge in [0.25, 0.3) is 5.69 Å². The molecule has 0 fully saturated rings. The Labute approximate surface area is 125 Å². The number of benzene rings is 1. The highest BCUT2D eigenvalue weighted by atomic mass is 32.2. The molecule has 0 unspecified atom stereocenters. The Balaban J connectivity index is 2.16. The summed E-state index contributed by atoms with van der Waals surface area (Å²) in [6.07, 6.45) is 2.02. The molecule has 110 valence electrons. The molecule has 1 N–H and O–H groups in total. The van der Waals surface area contributed by atoms with Crippen LogP contribution in [0.25, 0.3) is 0 Å². The van der Waals surface area contributed by atoms with Crippen LogP contribution < -0.4 is 5.32 Å². The van der Waals surface area contributed by atoms with E-state index < -0.39 is 10.7 Å². The lowest BCUT2D eigenvalue weighted by Crippen LogP contribution is -2.05. The minimum Gasteiger partial charge on any atom is -0.354 e. The molecule has 2 aromatic rings. The molecule has 0 saturated carbocycles. The molecule has 0 spiro atoms. The maximum atomic E-state index is 13.7. The van der Waals surface area contributed by atoms with E-state index in [2.05, 4.69) is 15.3 Å². The molecule has 0 saturated heterocycles. The first kappa shape index (κ1) is 15.2. The molecular formula is C13H13FN4O2S. The minimum atomic E-state index is -0.527. The molecule has 1 heterocycles. The van der Waals surface area contributed by atoms with E-state index in [1.165, 1.54) is 12.1 Å². The van der Waals surface area contributed by atoms with E-state index in [1.807, 2.05) is 6.92 Å². The van der Waals surface area contributed by atoms with Gasteiger partial charge in [-0.1, -0.05) is 18.7 Å². The number of non-ortho nitro benzene ring substituents is 1. The van der Waals surface area contributed by atoms with Gasteiger partial charge in [0.2, 0.25) is 5.95 Å². The number of aromatic nitrogens is 2. The minimum absolute atomic E-state index is 0.00666. The highest BCUT2D eigenvalue weighted by Crippen LogP contribution is 2.29. The van der Waals surface area contributed by atoms with Crippen LogP contribution in [0.1, 0.15) is 13.3 Å². The molecule has 0 radical (unpaired) electrons. The lowest BCUT2D eigenvalue weighted by molar-refractivity contribution is -0.384. The normalized spacial score (nSPS) is 10.4. The molecule has 21 heavy (non-hydrogen) atoms. The summed E-state index contributed by atoms with van der Waals surface area (Å²) in [7, 11) is 0. The van der Waals surface area contributed by atoms with Crippen molar-refractivity contribution in [3.8, 4) is 0 Å². The predicted molar refractivity (Wildman–Crippen MR) is 78.0 cm³/mol. The number of nitro groups is 1. The van der Waals surface area contributed by atoms with Gasteiger partial charge in [-0.15, -0.1) is 0 Å². The zero-order valence-electron chi connectivity index (χ0n) is 11.2. The quantitative estimate of drug-likeness (QED) is 0.500. The molecule has 0 bridgehead atoms. The summed E-state index contributed by atoms with van der Waals surface area (Å²) in [5, 5.41) is 13.7. The Morgan fingerprint density at radius 1 is 1.38 bits per heavy atom. The van der Waals surface area contributed by atoms with Gasteiger partial charge in [0, 0.05) is 23.6 Å². The molecule has 0 aliphatic rings. The standard InChI is InChI=1S/C13H13FN4O2S/c1-2-7-15-13-16-8-11(14)12(17-13)21-10-5-3-9(4-6-10)18(19)20/h3-6,8H,2,7H2,1H3,(H,15,16,17). The average molecular weight is 308 g/mol. The third-order valence-corrected chi connectivity index (χ3v) is 3.49. The Hall–Kier alpha value is -2.22. The van der Waals surface area contributed by atoms with E-state index in [0.717, 1.165) is 24.4 Å². The molecule has 0 atom stereocenters. The largest absolute Gasteiger partial charge is 0.354 e. The van der Waals surface area contributed by atoms with Gasteiger partial charge < -0.3 is 5.32 Å². The van der Waals surface area contributed by atoms with Crippen molar-refractivity contribution in [2.45, 2.75) is 23.3 Å². The van der Waals surface area contributed by atoms with E-state index in [-0.39, 0.29) is 10.7 Å². The molecule has 0 amide bonds. The fourth-order valence-corrected chi connectivity index (χ4v) is 2.27. The van der Waals surface area contributed by atoms with E-state index in [9.17, 15) is 14.5 Å². The van der Waals surface area contributed by atoms with Gasteiger partial charge in [-0.25, -0.2) is 14.4 Å². The second kappa shape index (κ2) is 6.98. The first-order valence-electron chi connectivity index (χ1n) is 6.29. The van der Waals surface area contributed by atoms with Crippen LogP contribution in [0, 0.1) is 15.9 Å². The number of halogens is 1. The summed E-state index contributed by atoms with van der Waals surface area (Å²) < 4.78 is 13.7. The van der Waals surface area contributed by atoms with Crippen molar-refractivity contribution in [3.05, 3.63) is 46.4 Å². The van der Waals surface area contributed by atoms with Crippen LogP contribution >= 0.6 is 11.8 Å². The highest BCUT2D eigenvalue weighted by Gasteiger charge is 2.10. The topological polar surface area (TPSA) is 81.0 Å². The van der Waals surface area contributed by atoms with Crippen molar-refractivity contribution in [1.82, 2.24) is 9.97 Å². The van der Waals surface area contributed by atoms with Crippen molar-refractivity contribution in [3.63, 3.8) is 0 Å². The van der Waals surface area contributed by atoms with E-state index in [4.69, 9.17) is 0 Å². The Morgan fingerprint density at radius 2 is 2.10 bits per heavy atom. The fraction of sp³-hybridized carbons (Fsp3) is 0.231. The summed E-state index contributed by atoms with van der Waals surface area (Å²) >= 11 is 1.09. The van der Waals surface area contributed by atoms with Gasteiger partial charge in [-0.2, -0.15) is 0 Å². The number of nitro benzene ring substituents is 1. The van der Waals surface area contributed by atoms with E-state index >= 15 is 0 Å². The SMILES string of the molecule is CCCNc1ncc(F)c(Sc2ccc([N+](=O)[O-])cc2)n1. The van der Waals surface area contributed by atoms with Crippen LogP contribution in [-0.4, -0.2) is 21.4 Å². The molecule has 1 aromatic carbocycles. The van der Waals surface area contributed by atoms with Gasteiger partial charge >= 0.3 is 0 Å². The fourth-order valence-electron chi connectivity index (χ4n) is 1.49. The zero-order valence-corrected chi connectivity index (χ0v) is 12.1. The molecular weight excluding hydrogens is 295 g/mol. The zero-order chi connectivity index (χ0) is 15.2. The Bertz CT molecular complexity index is 637. The smallest absolute Gasteiger partial charge is 0.269 e. The molecule has 0 aliphatic heterocycles. The number of hydrogen-bond acceptors (Lipinski definition) is 6. The van der Waals surface area contributed by atoms with E-state index in [1.54, 1.807) is 12.1 Å². The summed E-state index contributed by atoms with van der Waals surface area (Å²) in [6, 6.07) is 5.86. The Morgan fingerprint density at radius 3 is 2.71 bits per heavy atom. The van der Waals surface area contributed by atoms with Crippen molar-refractivity contribution in [1.29, 1.82) is 0 Å². The van der Waals surface area contributed by atoms with Crippen LogP contribution in [0.5, 0.6) is 0 Å². The van der Waals surface area contributed by atoms with Crippen molar-refractivity contribution in [2.24, 2.45) is 0 Å². The average Bonchev–Trinajstić information content (AvgIpc) is 2.48.